The predicted octanol–water partition coefficient (Wildman–Crippen LogP) is 1.88. The van der Waals surface area contributed by atoms with Crippen molar-refractivity contribution in [3.8, 4) is 11.5 Å². The third-order valence-corrected chi connectivity index (χ3v) is 5.46. The zero-order valence-electron chi connectivity index (χ0n) is 14.3. The number of carbonyl (C=O) groups excluding carboxylic acids is 1. The Bertz CT molecular complexity index is 685. The van der Waals surface area contributed by atoms with E-state index in [0.717, 1.165) is 49.7 Å². The Morgan fingerprint density at radius 2 is 2.21 bits per heavy atom. The Morgan fingerprint density at radius 1 is 1.33 bits per heavy atom. The molecule has 0 unspecified atom stereocenters. The van der Waals surface area contributed by atoms with Crippen LogP contribution in [0.1, 0.15) is 12.0 Å². The van der Waals surface area contributed by atoms with Crippen LogP contribution >= 0.6 is 0 Å². The third-order valence-electron chi connectivity index (χ3n) is 5.46. The van der Waals surface area contributed by atoms with Gasteiger partial charge in [-0.3, -0.25) is 9.69 Å². The summed E-state index contributed by atoms with van der Waals surface area (Å²) in [6.07, 6.45) is 3.33. The summed E-state index contributed by atoms with van der Waals surface area (Å²) in [5.41, 5.74) is 2.33. The topological polar surface area (TPSA) is 42.0 Å². The molecular weight excluding hydrogens is 304 g/mol. The predicted molar refractivity (Wildman–Crippen MR) is 92.1 cm³/mol. The van der Waals surface area contributed by atoms with E-state index in [1.165, 1.54) is 5.57 Å². The maximum absolute atomic E-state index is 12.3. The van der Waals surface area contributed by atoms with Crippen molar-refractivity contribution in [1.82, 2.24) is 9.80 Å². The van der Waals surface area contributed by atoms with Gasteiger partial charge in [-0.25, -0.2) is 0 Å². The van der Waals surface area contributed by atoms with E-state index < -0.39 is 0 Å². The van der Waals surface area contributed by atoms with Gasteiger partial charge < -0.3 is 14.4 Å². The van der Waals surface area contributed by atoms with E-state index in [9.17, 15) is 4.79 Å². The molecule has 0 aromatic heterocycles. The van der Waals surface area contributed by atoms with Crippen molar-refractivity contribution in [2.75, 3.05) is 46.9 Å². The van der Waals surface area contributed by atoms with Gasteiger partial charge in [-0.2, -0.15) is 0 Å². The number of methoxy groups -OCH3 is 1. The highest BCUT2D eigenvalue weighted by molar-refractivity contribution is 5.80. The number of benzene rings is 1. The number of nitrogens with zero attached hydrogens (tertiary/aromatic N) is 2. The molecule has 0 saturated carbocycles. The standard InChI is InChI=1S/C19H24N2O3/c1-20-7-6-15-10-21(11-16(15)19(20)22)9-13-8-14-4-3-5-17(23-2)18(14)24-12-13/h3-5,8,15-16H,6-7,9-12H2,1-2H3/t15-,16+/m1/s1. The van der Waals surface area contributed by atoms with Gasteiger partial charge in [0.2, 0.25) is 5.91 Å². The summed E-state index contributed by atoms with van der Waals surface area (Å²) in [6.45, 7) is 4.25. The van der Waals surface area contributed by atoms with Crippen molar-refractivity contribution in [3.05, 3.63) is 29.3 Å². The SMILES string of the molecule is COc1cccc2c1OCC(CN1C[C@H]3CCN(C)C(=O)[C@H]3C1)=C2. The van der Waals surface area contributed by atoms with Gasteiger partial charge in [-0.05, 0) is 30.1 Å². The molecule has 128 valence electrons. The summed E-state index contributed by atoms with van der Waals surface area (Å²) in [4.78, 5) is 16.6. The fraction of sp³-hybridized carbons (Fsp3) is 0.526. The van der Waals surface area contributed by atoms with Gasteiger partial charge in [0.05, 0.1) is 13.0 Å². The van der Waals surface area contributed by atoms with Gasteiger partial charge in [-0.15, -0.1) is 0 Å². The van der Waals surface area contributed by atoms with Crippen LogP contribution in [0.3, 0.4) is 0 Å². The number of fused-ring (bicyclic) bond motifs is 2. The zero-order chi connectivity index (χ0) is 16.7. The molecule has 0 radical (unpaired) electrons. The highest BCUT2D eigenvalue weighted by Crippen LogP contribution is 2.36. The number of hydrogen-bond acceptors (Lipinski definition) is 4. The van der Waals surface area contributed by atoms with Crippen LogP contribution < -0.4 is 9.47 Å². The number of para-hydroxylation sites is 1. The number of amides is 1. The van der Waals surface area contributed by atoms with Crippen LogP contribution in [0, 0.1) is 11.8 Å². The van der Waals surface area contributed by atoms with Crippen molar-refractivity contribution in [1.29, 1.82) is 0 Å². The molecule has 1 aromatic carbocycles. The first-order chi connectivity index (χ1) is 11.7. The minimum absolute atomic E-state index is 0.182. The Balaban J connectivity index is 1.47. The fourth-order valence-electron chi connectivity index (χ4n) is 4.18. The molecule has 5 nitrogen and oxygen atoms in total. The molecule has 0 N–H and O–H groups in total. The average molecular weight is 328 g/mol. The monoisotopic (exact) mass is 328 g/mol. The van der Waals surface area contributed by atoms with Crippen LogP contribution in [0.2, 0.25) is 0 Å². The molecule has 0 spiro atoms. The summed E-state index contributed by atoms with van der Waals surface area (Å²) in [7, 11) is 3.58. The summed E-state index contributed by atoms with van der Waals surface area (Å²) in [6, 6.07) is 5.96. The first-order valence-corrected chi connectivity index (χ1v) is 8.62. The second-order valence-corrected chi connectivity index (χ2v) is 7.08. The molecule has 4 rings (SSSR count). The Kier molecular flexibility index (Phi) is 3.96. The van der Waals surface area contributed by atoms with E-state index in [2.05, 4.69) is 17.0 Å². The van der Waals surface area contributed by atoms with Crippen LogP contribution in [-0.4, -0.2) is 62.7 Å². The molecule has 1 aromatic rings. The first-order valence-electron chi connectivity index (χ1n) is 8.62. The third kappa shape index (κ3) is 2.67. The molecule has 3 aliphatic rings. The lowest BCUT2D eigenvalue weighted by molar-refractivity contribution is -0.137. The van der Waals surface area contributed by atoms with Crippen LogP contribution in [-0.2, 0) is 4.79 Å². The van der Waals surface area contributed by atoms with E-state index in [-0.39, 0.29) is 5.92 Å². The molecule has 0 aliphatic carbocycles. The smallest absolute Gasteiger partial charge is 0.227 e. The van der Waals surface area contributed by atoms with Crippen molar-refractivity contribution in [2.45, 2.75) is 6.42 Å². The van der Waals surface area contributed by atoms with Crippen LogP contribution in [0.4, 0.5) is 0 Å². The normalized spacial score (nSPS) is 26.5. The van der Waals surface area contributed by atoms with Crippen LogP contribution in [0.25, 0.3) is 6.08 Å². The lowest BCUT2D eigenvalue weighted by atomic mass is 9.88. The maximum Gasteiger partial charge on any atom is 0.227 e. The maximum atomic E-state index is 12.3. The molecule has 1 amide bonds. The van der Waals surface area contributed by atoms with Gasteiger partial charge in [0.15, 0.2) is 11.5 Å². The minimum atomic E-state index is 0.182. The molecule has 24 heavy (non-hydrogen) atoms. The number of ether oxygens (including phenoxy) is 2. The molecule has 5 heteroatoms. The largest absolute Gasteiger partial charge is 0.493 e. The summed E-state index contributed by atoms with van der Waals surface area (Å²) < 4.78 is 11.3. The molecule has 2 atom stereocenters. The van der Waals surface area contributed by atoms with Gasteiger partial charge in [-0.1, -0.05) is 12.1 Å². The van der Waals surface area contributed by atoms with Crippen LogP contribution in [0.15, 0.2) is 23.8 Å². The summed E-state index contributed by atoms with van der Waals surface area (Å²) in [5.74, 6) is 2.63. The minimum Gasteiger partial charge on any atom is -0.493 e. The highest BCUT2D eigenvalue weighted by atomic mass is 16.5. The van der Waals surface area contributed by atoms with E-state index in [0.29, 0.717) is 18.4 Å². The summed E-state index contributed by atoms with van der Waals surface area (Å²) >= 11 is 0. The number of carbonyl (C=O) groups is 1. The molecular formula is C19H24N2O3. The van der Waals surface area contributed by atoms with Crippen molar-refractivity contribution in [2.24, 2.45) is 11.8 Å². The number of likely N-dealkylation sites (tertiary alicyclic amines) is 2. The Labute approximate surface area is 142 Å². The molecule has 3 aliphatic heterocycles. The van der Waals surface area contributed by atoms with E-state index in [1.54, 1.807) is 7.11 Å². The van der Waals surface area contributed by atoms with Crippen molar-refractivity contribution in [3.63, 3.8) is 0 Å². The molecule has 3 heterocycles. The van der Waals surface area contributed by atoms with Crippen molar-refractivity contribution >= 4 is 12.0 Å². The number of hydrogen-bond donors (Lipinski definition) is 0. The molecule has 0 bridgehead atoms. The molecule has 2 fully saturated rings. The van der Waals surface area contributed by atoms with Gasteiger partial charge in [0, 0.05) is 38.8 Å². The fourth-order valence-corrected chi connectivity index (χ4v) is 4.18. The lowest BCUT2D eigenvalue weighted by Gasteiger charge is -2.30. The number of rotatable bonds is 3. The van der Waals surface area contributed by atoms with E-state index >= 15 is 0 Å². The van der Waals surface area contributed by atoms with Gasteiger partial charge in [0.1, 0.15) is 6.61 Å². The van der Waals surface area contributed by atoms with Gasteiger partial charge >= 0.3 is 0 Å². The van der Waals surface area contributed by atoms with E-state index in [4.69, 9.17) is 9.47 Å². The quantitative estimate of drug-likeness (QED) is 0.850. The first kappa shape index (κ1) is 15.5. The van der Waals surface area contributed by atoms with Crippen LogP contribution in [0.5, 0.6) is 11.5 Å². The second kappa shape index (κ2) is 6.13. The second-order valence-electron chi connectivity index (χ2n) is 7.08. The highest BCUT2D eigenvalue weighted by Gasteiger charge is 2.41. The zero-order valence-corrected chi connectivity index (χ0v) is 14.3. The Morgan fingerprint density at radius 3 is 3.04 bits per heavy atom. The lowest BCUT2D eigenvalue weighted by Crippen LogP contribution is -2.42. The Hall–Kier alpha value is -2.01. The van der Waals surface area contributed by atoms with Gasteiger partial charge in [0.25, 0.3) is 0 Å². The van der Waals surface area contributed by atoms with E-state index in [1.807, 2.05) is 24.1 Å². The summed E-state index contributed by atoms with van der Waals surface area (Å²) in [5, 5.41) is 0. The molecule has 2 saturated heterocycles. The number of piperidine rings is 1. The average Bonchev–Trinajstić information content (AvgIpc) is 3.01. The van der Waals surface area contributed by atoms with Crippen molar-refractivity contribution < 1.29 is 14.3 Å².